The Bertz CT molecular complexity index is 544. The van der Waals surface area contributed by atoms with Gasteiger partial charge in [-0.2, -0.15) is 0 Å². The molecule has 4 heteroatoms. The van der Waals surface area contributed by atoms with E-state index in [2.05, 4.69) is 34.6 Å². The van der Waals surface area contributed by atoms with E-state index >= 15 is 0 Å². The predicted octanol–water partition coefficient (Wildman–Crippen LogP) is 14.9. The minimum absolute atomic E-state index is 0.00172. The van der Waals surface area contributed by atoms with Crippen LogP contribution in [0.5, 0.6) is 0 Å². The molecule has 0 aromatic heterocycles. The molecule has 1 N–H and O–H groups in total. The van der Waals surface area contributed by atoms with Gasteiger partial charge in [0.1, 0.15) is 0 Å². The molecule has 0 heterocycles. The van der Waals surface area contributed by atoms with Crippen LogP contribution >= 0.6 is 0 Å². The highest BCUT2D eigenvalue weighted by Crippen LogP contribution is 2.14. The van der Waals surface area contributed by atoms with Gasteiger partial charge in [0.05, 0.1) is 6.61 Å². The minimum atomic E-state index is -0.657. The van der Waals surface area contributed by atoms with Crippen LogP contribution in [0.1, 0.15) is 253 Å². The summed E-state index contributed by atoms with van der Waals surface area (Å²) in [6, 6.07) is 0. The normalized spacial score (nSPS) is 10.5. The van der Waals surface area contributed by atoms with Crippen LogP contribution in [-0.2, 0) is 14.3 Å². The molecule has 0 saturated heterocycles. The molecule has 0 rings (SSSR count). The van der Waals surface area contributed by atoms with Crippen LogP contribution in [-0.4, -0.2) is 23.7 Å². The Balaban J connectivity index is -0.000000718. The highest BCUT2D eigenvalue weighted by atomic mass is 16.5. The van der Waals surface area contributed by atoms with E-state index in [-0.39, 0.29) is 5.97 Å². The average Bonchev–Trinajstić information content (AvgIpc) is 3.05. The molecule has 0 aliphatic rings. The first-order chi connectivity index (χ1) is 22.5. The summed E-state index contributed by atoms with van der Waals surface area (Å²) in [6.07, 6.45) is 43.0. The topological polar surface area (TPSA) is 63.6 Å². The average molecular weight is 655 g/mol. The number of unbranched alkanes of at least 4 members (excludes halogenated alkanes) is 28. The van der Waals surface area contributed by atoms with Crippen LogP contribution < -0.4 is 0 Å². The second kappa shape index (κ2) is 48.3. The van der Waals surface area contributed by atoms with Gasteiger partial charge in [0.25, 0.3) is 0 Å². The zero-order valence-electron chi connectivity index (χ0n) is 32.4. The zero-order chi connectivity index (χ0) is 34.6. The number of aliphatic carboxylic acids is 1. The van der Waals surface area contributed by atoms with Crippen LogP contribution in [0.3, 0.4) is 0 Å². The number of carbonyl (C=O) groups excluding carboxylic acids is 1. The van der Waals surface area contributed by atoms with Crippen LogP contribution in [0.4, 0.5) is 0 Å². The van der Waals surface area contributed by atoms with Crippen molar-refractivity contribution in [2.45, 2.75) is 253 Å². The molecule has 0 amide bonds. The van der Waals surface area contributed by atoms with Gasteiger partial charge in [0.15, 0.2) is 0 Å². The van der Waals surface area contributed by atoms with Gasteiger partial charge in [-0.25, -0.2) is 0 Å². The van der Waals surface area contributed by atoms with Crippen LogP contribution in [0, 0.1) is 0 Å². The largest absolute Gasteiger partial charge is 0.481 e. The van der Waals surface area contributed by atoms with Crippen molar-refractivity contribution in [3.8, 4) is 0 Å². The molecule has 0 aromatic rings. The number of ether oxygens (including phenoxy) is 1. The standard InChI is InChI=1S/C22H44O2.C14H28O2.C6H14/c1-3-5-7-8-9-10-11-12-13-14-15-16-17-18-19-20-22(23)24-21-6-4-2;1-2-3-4-5-6-7-8-9-10-11-12-13-14(15)16;1-3-5-6-4-2/h3-21H2,1-2H3;2-13H2,1H3,(H,15,16);3-6H2,1-2H3. The van der Waals surface area contributed by atoms with Crippen molar-refractivity contribution in [3.05, 3.63) is 0 Å². The molecule has 278 valence electrons. The van der Waals surface area contributed by atoms with Crippen molar-refractivity contribution in [2.24, 2.45) is 0 Å². The lowest BCUT2D eigenvalue weighted by molar-refractivity contribution is -0.144. The Morgan fingerprint density at radius 2 is 0.587 bits per heavy atom. The monoisotopic (exact) mass is 655 g/mol. The summed E-state index contributed by atoms with van der Waals surface area (Å²) >= 11 is 0. The van der Waals surface area contributed by atoms with E-state index in [0.29, 0.717) is 19.4 Å². The fraction of sp³-hybridized carbons (Fsp3) is 0.952. The molecule has 46 heavy (non-hydrogen) atoms. The van der Waals surface area contributed by atoms with E-state index in [0.717, 1.165) is 32.1 Å². The highest BCUT2D eigenvalue weighted by molar-refractivity contribution is 5.69. The van der Waals surface area contributed by atoms with E-state index < -0.39 is 5.97 Å². The molecule has 0 fully saturated rings. The number of carbonyl (C=O) groups is 2. The van der Waals surface area contributed by atoms with Crippen LogP contribution in [0.15, 0.2) is 0 Å². The van der Waals surface area contributed by atoms with E-state index in [4.69, 9.17) is 9.84 Å². The number of carboxylic acids is 1. The van der Waals surface area contributed by atoms with Crippen LogP contribution in [0.2, 0.25) is 0 Å². The molecule has 0 radical (unpaired) electrons. The number of esters is 1. The molecule has 0 aromatic carbocycles. The molecule has 0 aliphatic heterocycles. The van der Waals surface area contributed by atoms with Crippen LogP contribution in [0.25, 0.3) is 0 Å². The molecule has 0 saturated carbocycles. The summed E-state index contributed by atoms with van der Waals surface area (Å²) in [5, 5.41) is 8.46. The van der Waals surface area contributed by atoms with Crippen molar-refractivity contribution in [1.29, 1.82) is 0 Å². The quantitative estimate of drug-likeness (QED) is 0.0554. The van der Waals surface area contributed by atoms with E-state index in [1.54, 1.807) is 0 Å². The number of carboxylic acid groups (broad SMARTS) is 1. The Hall–Kier alpha value is -1.06. The molecule has 4 nitrogen and oxygen atoms in total. The predicted molar refractivity (Wildman–Crippen MR) is 204 cm³/mol. The van der Waals surface area contributed by atoms with Gasteiger partial charge in [0.2, 0.25) is 0 Å². The van der Waals surface area contributed by atoms with Crippen molar-refractivity contribution >= 4 is 11.9 Å². The van der Waals surface area contributed by atoms with Crippen molar-refractivity contribution in [3.63, 3.8) is 0 Å². The first kappa shape index (κ1) is 49.3. The summed E-state index contributed by atoms with van der Waals surface area (Å²) in [7, 11) is 0. The molecule has 0 bridgehead atoms. The van der Waals surface area contributed by atoms with Gasteiger partial charge in [-0.15, -0.1) is 0 Å². The summed E-state index contributed by atoms with van der Waals surface area (Å²) in [4.78, 5) is 21.7. The van der Waals surface area contributed by atoms with E-state index in [1.807, 2.05) is 0 Å². The number of hydrogen-bond acceptors (Lipinski definition) is 3. The smallest absolute Gasteiger partial charge is 0.305 e. The molecular weight excluding hydrogens is 568 g/mol. The maximum atomic E-state index is 11.4. The lowest BCUT2D eigenvalue weighted by Gasteiger charge is -2.04. The lowest BCUT2D eigenvalue weighted by atomic mass is 10.0. The SMILES string of the molecule is CCCCCC.CCCCCCCCCCCCCC(=O)O.CCCCCCCCCCCCCCCCCC(=O)OCCCC. The Morgan fingerprint density at radius 1 is 0.348 bits per heavy atom. The third-order valence-electron chi connectivity index (χ3n) is 8.70. The molecule has 0 spiro atoms. The van der Waals surface area contributed by atoms with E-state index in [9.17, 15) is 9.59 Å². The maximum Gasteiger partial charge on any atom is 0.305 e. The summed E-state index contributed by atoms with van der Waals surface area (Å²) in [5.74, 6) is -0.658. The third-order valence-corrected chi connectivity index (χ3v) is 8.70. The van der Waals surface area contributed by atoms with Gasteiger partial charge in [-0.3, -0.25) is 9.59 Å². The second-order valence-corrected chi connectivity index (χ2v) is 13.7. The molecule has 0 atom stereocenters. The van der Waals surface area contributed by atoms with Gasteiger partial charge in [-0.1, -0.05) is 221 Å². The second-order valence-electron chi connectivity index (χ2n) is 13.7. The molecule has 0 aliphatic carbocycles. The summed E-state index contributed by atoms with van der Waals surface area (Å²) in [5.41, 5.74) is 0. The van der Waals surface area contributed by atoms with Crippen molar-refractivity contribution in [2.75, 3.05) is 6.61 Å². The van der Waals surface area contributed by atoms with Gasteiger partial charge < -0.3 is 9.84 Å². The first-order valence-electron chi connectivity index (χ1n) is 20.9. The summed E-state index contributed by atoms with van der Waals surface area (Å²) < 4.78 is 5.16. The highest BCUT2D eigenvalue weighted by Gasteiger charge is 2.02. The maximum absolute atomic E-state index is 11.4. The van der Waals surface area contributed by atoms with Gasteiger partial charge in [-0.05, 0) is 19.3 Å². The minimum Gasteiger partial charge on any atom is -0.481 e. The van der Waals surface area contributed by atoms with Crippen molar-refractivity contribution < 1.29 is 19.4 Å². The Labute approximate surface area is 290 Å². The fourth-order valence-electron chi connectivity index (χ4n) is 5.48. The molecule has 0 unspecified atom stereocenters. The Morgan fingerprint density at radius 3 is 0.870 bits per heavy atom. The Kier molecular flexibility index (Phi) is 51.8. The third kappa shape index (κ3) is 55.4. The molecular formula is C42H86O4. The van der Waals surface area contributed by atoms with Gasteiger partial charge in [0, 0.05) is 12.8 Å². The lowest BCUT2D eigenvalue weighted by Crippen LogP contribution is -2.05. The number of hydrogen-bond donors (Lipinski definition) is 1. The van der Waals surface area contributed by atoms with Gasteiger partial charge >= 0.3 is 11.9 Å². The van der Waals surface area contributed by atoms with Crippen molar-refractivity contribution in [1.82, 2.24) is 0 Å². The zero-order valence-corrected chi connectivity index (χ0v) is 32.4. The fourth-order valence-corrected chi connectivity index (χ4v) is 5.48. The summed E-state index contributed by atoms with van der Waals surface area (Å²) in [6.45, 7) is 11.7. The number of rotatable bonds is 34. The van der Waals surface area contributed by atoms with E-state index in [1.165, 1.54) is 173 Å². The first-order valence-corrected chi connectivity index (χ1v) is 20.9.